The summed E-state index contributed by atoms with van der Waals surface area (Å²) in [5.74, 6) is 0. The highest BCUT2D eigenvalue weighted by Crippen LogP contribution is 2.23. The van der Waals surface area contributed by atoms with Gasteiger partial charge in [0.2, 0.25) is 0 Å². The maximum atomic E-state index is 12.0. The summed E-state index contributed by atoms with van der Waals surface area (Å²) >= 11 is 0. The Morgan fingerprint density at radius 2 is 1.81 bits per heavy atom. The van der Waals surface area contributed by atoms with Gasteiger partial charge in [-0.2, -0.15) is 0 Å². The Labute approximate surface area is 99.6 Å². The lowest BCUT2D eigenvalue weighted by Gasteiger charge is -2.35. The number of urea groups is 1. The lowest BCUT2D eigenvalue weighted by Crippen LogP contribution is -2.49. The summed E-state index contributed by atoms with van der Waals surface area (Å²) < 4.78 is 0. The van der Waals surface area contributed by atoms with E-state index in [2.05, 4.69) is 33.0 Å². The van der Waals surface area contributed by atoms with E-state index in [0.717, 1.165) is 12.8 Å². The quantitative estimate of drug-likeness (QED) is 0.771. The second-order valence-electron chi connectivity index (χ2n) is 6.08. The predicted molar refractivity (Wildman–Crippen MR) is 67.5 cm³/mol. The monoisotopic (exact) mass is 226 g/mol. The molecule has 0 heterocycles. The molecule has 3 nitrogen and oxygen atoms in total. The molecule has 2 amide bonds. The van der Waals surface area contributed by atoms with Gasteiger partial charge >= 0.3 is 6.03 Å². The van der Waals surface area contributed by atoms with Crippen molar-refractivity contribution in [3.8, 4) is 0 Å². The van der Waals surface area contributed by atoms with Gasteiger partial charge in [0.25, 0.3) is 0 Å². The van der Waals surface area contributed by atoms with Crippen molar-refractivity contribution in [1.82, 2.24) is 10.2 Å². The molecule has 1 aliphatic rings. The van der Waals surface area contributed by atoms with E-state index < -0.39 is 0 Å². The fraction of sp³-hybridized carbons (Fsp3) is 0.923. The Balaban J connectivity index is 2.46. The molecular weight excluding hydrogens is 200 g/mol. The average molecular weight is 226 g/mol. The second kappa shape index (κ2) is 5.07. The smallest absolute Gasteiger partial charge is 0.317 e. The zero-order chi connectivity index (χ0) is 12.3. The van der Waals surface area contributed by atoms with E-state index in [4.69, 9.17) is 0 Å². The molecule has 1 aliphatic carbocycles. The Kier molecular flexibility index (Phi) is 4.22. The standard InChI is InChI=1S/C13H26N2O/c1-10(13(2,3)4)15(5)12(16)14-11-8-6-7-9-11/h10-11H,6-9H2,1-5H3,(H,14,16). The molecule has 1 fully saturated rings. The average Bonchev–Trinajstić information content (AvgIpc) is 2.66. The summed E-state index contributed by atoms with van der Waals surface area (Å²) in [6, 6.07) is 0.727. The van der Waals surface area contributed by atoms with Gasteiger partial charge in [-0.3, -0.25) is 0 Å². The SMILES string of the molecule is CC(N(C)C(=O)NC1CCCC1)C(C)(C)C. The first-order valence-electron chi connectivity index (χ1n) is 6.35. The topological polar surface area (TPSA) is 32.3 Å². The van der Waals surface area contributed by atoms with Crippen molar-refractivity contribution in [2.45, 2.75) is 65.5 Å². The molecular formula is C13H26N2O. The van der Waals surface area contributed by atoms with Gasteiger partial charge in [-0.05, 0) is 25.2 Å². The molecule has 0 aromatic heterocycles. The van der Waals surface area contributed by atoms with Crippen molar-refractivity contribution in [3.63, 3.8) is 0 Å². The van der Waals surface area contributed by atoms with E-state index in [1.165, 1.54) is 12.8 Å². The highest BCUT2D eigenvalue weighted by molar-refractivity contribution is 5.74. The Hall–Kier alpha value is -0.730. The molecule has 94 valence electrons. The van der Waals surface area contributed by atoms with E-state index in [0.29, 0.717) is 6.04 Å². The Morgan fingerprint density at radius 1 is 1.31 bits per heavy atom. The van der Waals surface area contributed by atoms with Crippen LogP contribution in [-0.4, -0.2) is 30.1 Å². The summed E-state index contributed by atoms with van der Waals surface area (Å²) in [6.45, 7) is 8.60. The third kappa shape index (κ3) is 3.39. The summed E-state index contributed by atoms with van der Waals surface area (Å²) in [6.07, 6.45) is 4.79. The number of carbonyl (C=O) groups is 1. The zero-order valence-corrected chi connectivity index (χ0v) is 11.3. The minimum Gasteiger partial charge on any atom is -0.335 e. The molecule has 0 bridgehead atoms. The third-order valence-electron chi connectivity index (χ3n) is 3.84. The first-order valence-corrected chi connectivity index (χ1v) is 6.35. The van der Waals surface area contributed by atoms with E-state index in [1.54, 1.807) is 0 Å². The van der Waals surface area contributed by atoms with Gasteiger partial charge in [0.05, 0.1) is 0 Å². The van der Waals surface area contributed by atoms with Gasteiger partial charge in [-0.15, -0.1) is 0 Å². The van der Waals surface area contributed by atoms with Crippen LogP contribution in [0.5, 0.6) is 0 Å². The van der Waals surface area contributed by atoms with E-state index >= 15 is 0 Å². The number of amides is 2. The van der Waals surface area contributed by atoms with Gasteiger partial charge in [-0.1, -0.05) is 33.6 Å². The maximum absolute atomic E-state index is 12.0. The van der Waals surface area contributed by atoms with Crippen LogP contribution in [0.15, 0.2) is 0 Å². The fourth-order valence-electron chi connectivity index (χ4n) is 2.10. The van der Waals surface area contributed by atoms with Crippen LogP contribution >= 0.6 is 0 Å². The summed E-state index contributed by atoms with van der Waals surface area (Å²) in [5.41, 5.74) is 0.127. The highest BCUT2D eigenvalue weighted by Gasteiger charge is 2.28. The van der Waals surface area contributed by atoms with Crippen LogP contribution in [0, 0.1) is 5.41 Å². The fourth-order valence-corrected chi connectivity index (χ4v) is 2.10. The van der Waals surface area contributed by atoms with Gasteiger partial charge in [0.1, 0.15) is 0 Å². The normalized spacial score (nSPS) is 19.6. The van der Waals surface area contributed by atoms with Gasteiger partial charge < -0.3 is 10.2 Å². The zero-order valence-electron chi connectivity index (χ0n) is 11.3. The van der Waals surface area contributed by atoms with Crippen LogP contribution in [0.25, 0.3) is 0 Å². The second-order valence-corrected chi connectivity index (χ2v) is 6.08. The third-order valence-corrected chi connectivity index (χ3v) is 3.84. The molecule has 1 unspecified atom stereocenters. The number of hydrogen-bond donors (Lipinski definition) is 1. The lowest BCUT2D eigenvalue weighted by atomic mass is 9.87. The first-order chi connectivity index (χ1) is 7.32. The number of nitrogens with one attached hydrogen (secondary N) is 1. The van der Waals surface area contributed by atoms with Crippen molar-refractivity contribution >= 4 is 6.03 Å². The molecule has 0 saturated heterocycles. The number of carbonyl (C=O) groups excluding carboxylic acids is 1. The minimum atomic E-state index is 0.0781. The Bertz CT molecular complexity index is 239. The van der Waals surface area contributed by atoms with E-state index in [-0.39, 0.29) is 17.5 Å². The van der Waals surface area contributed by atoms with Crippen LogP contribution in [0.3, 0.4) is 0 Å². The molecule has 16 heavy (non-hydrogen) atoms. The van der Waals surface area contributed by atoms with Crippen LogP contribution in [0.4, 0.5) is 4.79 Å². The van der Waals surface area contributed by atoms with Crippen LogP contribution in [-0.2, 0) is 0 Å². The molecule has 1 rings (SSSR count). The number of hydrogen-bond acceptors (Lipinski definition) is 1. The molecule has 0 radical (unpaired) electrons. The lowest BCUT2D eigenvalue weighted by molar-refractivity contribution is 0.143. The van der Waals surface area contributed by atoms with E-state index in [9.17, 15) is 4.79 Å². The molecule has 1 N–H and O–H groups in total. The molecule has 3 heteroatoms. The number of nitrogens with zero attached hydrogens (tertiary/aromatic N) is 1. The molecule has 1 atom stereocenters. The van der Waals surface area contributed by atoms with Crippen LogP contribution in [0.1, 0.15) is 53.4 Å². The maximum Gasteiger partial charge on any atom is 0.317 e. The van der Waals surface area contributed by atoms with Gasteiger partial charge in [0.15, 0.2) is 0 Å². The van der Waals surface area contributed by atoms with Crippen molar-refractivity contribution < 1.29 is 4.79 Å². The first kappa shape index (κ1) is 13.3. The summed E-state index contributed by atoms with van der Waals surface area (Å²) in [4.78, 5) is 13.8. The molecule has 0 aliphatic heterocycles. The number of rotatable bonds is 2. The van der Waals surface area contributed by atoms with Crippen molar-refractivity contribution in [2.75, 3.05) is 7.05 Å². The molecule has 0 aromatic rings. The largest absolute Gasteiger partial charge is 0.335 e. The van der Waals surface area contributed by atoms with Gasteiger partial charge in [0, 0.05) is 19.1 Å². The Morgan fingerprint density at radius 3 is 2.25 bits per heavy atom. The van der Waals surface area contributed by atoms with Crippen LogP contribution in [0.2, 0.25) is 0 Å². The summed E-state index contributed by atoms with van der Waals surface area (Å²) in [5, 5.41) is 3.12. The van der Waals surface area contributed by atoms with Gasteiger partial charge in [-0.25, -0.2) is 4.79 Å². The van der Waals surface area contributed by atoms with Crippen molar-refractivity contribution in [1.29, 1.82) is 0 Å². The van der Waals surface area contributed by atoms with Crippen molar-refractivity contribution in [2.24, 2.45) is 5.41 Å². The molecule has 0 aromatic carbocycles. The predicted octanol–water partition coefficient (Wildman–Crippen LogP) is 3.01. The highest BCUT2D eigenvalue weighted by atomic mass is 16.2. The van der Waals surface area contributed by atoms with Crippen LogP contribution < -0.4 is 5.32 Å². The van der Waals surface area contributed by atoms with E-state index in [1.807, 2.05) is 11.9 Å². The summed E-state index contributed by atoms with van der Waals surface area (Å²) in [7, 11) is 1.89. The molecule has 1 saturated carbocycles. The molecule has 0 spiro atoms. The van der Waals surface area contributed by atoms with Crippen molar-refractivity contribution in [3.05, 3.63) is 0 Å². The minimum absolute atomic E-state index is 0.0781.